The van der Waals surface area contributed by atoms with E-state index in [4.69, 9.17) is 0 Å². The lowest BCUT2D eigenvalue weighted by Crippen LogP contribution is -2.45. The minimum absolute atomic E-state index is 0.0966. The monoisotopic (exact) mass is 290 g/mol. The topological polar surface area (TPSA) is 78.4 Å². The number of nitrogens with one attached hydrogen (secondary N) is 2. The van der Waals surface area contributed by atoms with Gasteiger partial charge in [-0.25, -0.2) is 0 Å². The van der Waals surface area contributed by atoms with Gasteiger partial charge in [0.05, 0.1) is 5.60 Å². The quantitative estimate of drug-likeness (QED) is 0.718. The van der Waals surface area contributed by atoms with Crippen molar-refractivity contribution >= 4 is 17.5 Å². The molecule has 0 saturated heterocycles. The Hall–Kier alpha value is -1.88. The highest BCUT2D eigenvalue weighted by Gasteiger charge is 2.40. The van der Waals surface area contributed by atoms with E-state index in [-0.39, 0.29) is 12.5 Å². The highest BCUT2D eigenvalue weighted by Crippen LogP contribution is 2.38. The van der Waals surface area contributed by atoms with E-state index < -0.39 is 17.4 Å². The molecule has 1 aliphatic carbocycles. The second kappa shape index (κ2) is 6.26. The van der Waals surface area contributed by atoms with Crippen molar-refractivity contribution in [1.29, 1.82) is 0 Å². The molecule has 2 amide bonds. The van der Waals surface area contributed by atoms with Gasteiger partial charge in [-0.3, -0.25) is 9.59 Å². The highest BCUT2D eigenvalue weighted by molar-refractivity contribution is 6.39. The van der Waals surface area contributed by atoms with Gasteiger partial charge in [-0.15, -0.1) is 0 Å². The summed E-state index contributed by atoms with van der Waals surface area (Å²) < 4.78 is 0. The summed E-state index contributed by atoms with van der Waals surface area (Å²) in [6, 6.07) is 7.38. The van der Waals surface area contributed by atoms with Gasteiger partial charge in [0.25, 0.3) is 0 Å². The Labute approximate surface area is 124 Å². The third-order valence-corrected chi connectivity index (χ3v) is 3.92. The van der Waals surface area contributed by atoms with E-state index in [9.17, 15) is 14.7 Å². The summed E-state index contributed by atoms with van der Waals surface area (Å²) in [5.74, 6) is -1.20. The molecule has 1 fully saturated rings. The van der Waals surface area contributed by atoms with Gasteiger partial charge in [0, 0.05) is 12.2 Å². The Morgan fingerprint density at radius 2 is 1.95 bits per heavy atom. The van der Waals surface area contributed by atoms with Crippen molar-refractivity contribution in [2.45, 2.75) is 38.7 Å². The van der Waals surface area contributed by atoms with Crippen LogP contribution in [0.15, 0.2) is 24.3 Å². The van der Waals surface area contributed by atoms with Crippen molar-refractivity contribution in [2.24, 2.45) is 5.92 Å². The van der Waals surface area contributed by atoms with Crippen molar-refractivity contribution in [2.75, 3.05) is 11.9 Å². The number of para-hydroxylation sites is 1. The summed E-state index contributed by atoms with van der Waals surface area (Å²) in [4.78, 5) is 23.7. The molecule has 21 heavy (non-hydrogen) atoms. The standard InChI is InChI=1S/C16H22N2O3/c1-3-11-6-4-5-7-13(11)18-15(20)14(19)17-10-16(2,21)12-8-9-12/h4-7,12,21H,3,8-10H2,1-2H3,(H,17,19)(H,18,20). The lowest BCUT2D eigenvalue weighted by molar-refractivity contribution is -0.136. The van der Waals surface area contributed by atoms with Crippen LogP contribution in [-0.2, 0) is 16.0 Å². The summed E-state index contributed by atoms with van der Waals surface area (Å²) >= 11 is 0. The smallest absolute Gasteiger partial charge is 0.313 e. The molecular formula is C16H22N2O3. The predicted octanol–water partition coefficient (Wildman–Crippen LogP) is 1.46. The van der Waals surface area contributed by atoms with Crippen molar-refractivity contribution < 1.29 is 14.7 Å². The van der Waals surface area contributed by atoms with Gasteiger partial charge in [-0.2, -0.15) is 0 Å². The Balaban J connectivity index is 1.89. The molecule has 0 spiro atoms. The van der Waals surface area contributed by atoms with Crippen LogP contribution in [0.5, 0.6) is 0 Å². The summed E-state index contributed by atoms with van der Waals surface area (Å²) in [6.45, 7) is 3.77. The zero-order valence-electron chi connectivity index (χ0n) is 12.5. The van der Waals surface area contributed by atoms with Gasteiger partial charge in [0.15, 0.2) is 0 Å². The van der Waals surface area contributed by atoms with E-state index in [0.717, 1.165) is 24.8 Å². The van der Waals surface area contributed by atoms with Crippen molar-refractivity contribution in [3.05, 3.63) is 29.8 Å². The first-order valence-corrected chi connectivity index (χ1v) is 7.33. The molecule has 2 rings (SSSR count). The highest BCUT2D eigenvalue weighted by atomic mass is 16.3. The minimum Gasteiger partial charge on any atom is -0.388 e. The summed E-state index contributed by atoms with van der Waals surface area (Å²) in [6.07, 6.45) is 2.71. The third-order valence-electron chi connectivity index (χ3n) is 3.92. The van der Waals surface area contributed by atoms with E-state index in [1.54, 1.807) is 13.0 Å². The molecule has 0 aliphatic heterocycles. The van der Waals surface area contributed by atoms with Gasteiger partial charge in [-0.1, -0.05) is 25.1 Å². The largest absolute Gasteiger partial charge is 0.388 e. The Bertz CT molecular complexity index is 536. The first kappa shape index (κ1) is 15.5. The fourth-order valence-corrected chi connectivity index (χ4v) is 2.32. The summed E-state index contributed by atoms with van der Waals surface area (Å²) in [5.41, 5.74) is 0.690. The first-order valence-electron chi connectivity index (χ1n) is 7.33. The average molecular weight is 290 g/mol. The Kier molecular flexibility index (Phi) is 4.63. The van der Waals surface area contributed by atoms with Crippen LogP contribution >= 0.6 is 0 Å². The number of anilines is 1. The van der Waals surface area contributed by atoms with E-state index in [0.29, 0.717) is 5.69 Å². The van der Waals surface area contributed by atoms with Crippen LogP contribution in [0.2, 0.25) is 0 Å². The van der Waals surface area contributed by atoms with Crippen LogP contribution in [0.3, 0.4) is 0 Å². The molecule has 1 aromatic rings. The number of aryl methyl sites for hydroxylation is 1. The second-order valence-corrected chi connectivity index (χ2v) is 5.78. The van der Waals surface area contributed by atoms with E-state index in [1.807, 2.05) is 25.1 Å². The fourth-order valence-electron chi connectivity index (χ4n) is 2.32. The lowest BCUT2D eigenvalue weighted by atomic mass is 10.0. The average Bonchev–Trinajstić information content (AvgIpc) is 3.30. The summed E-state index contributed by atoms with van der Waals surface area (Å²) in [5, 5.41) is 15.2. The molecule has 0 heterocycles. The molecule has 1 aliphatic rings. The minimum atomic E-state index is -0.933. The van der Waals surface area contributed by atoms with Gasteiger partial charge in [-0.05, 0) is 43.7 Å². The number of aliphatic hydroxyl groups is 1. The van der Waals surface area contributed by atoms with Gasteiger partial charge >= 0.3 is 11.8 Å². The van der Waals surface area contributed by atoms with Crippen LogP contribution in [0.25, 0.3) is 0 Å². The fraction of sp³-hybridized carbons (Fsp3) is 0.500. The van der Waals surface area contributed by atoms with Crippen LogP contribution in [0.4, 0.5) is 5.69 Å². The van der Waals surface area contributed by atoms with E-state index >= 15 is 0 Å². The Morgan fingerprint density at radius 1 is 1.29 bits per heavy atom. The lowest BCUT2D eigenvalue weighted by Gasteiger charge is -2.23. The second-order valence-electron chi connectivity index (χ2n) is 5.78. The first-order chi connectivity index (χ1) is 9.94. The van der Waals surface area contributed by atoms with Crippen LogP contribution in [-0.4, -0.2) is 29.1 Å². The van der Waals surface area contributed by atoms with Gasteiger partial charge < -0.3 is 15.7 Å². The van der Waals surface area contributed by atoms with E-state index in [1.165, 1.54) is 0 Å². The van der Waals surface area contributed by atoms with Crippen LogP contribution < -0.4 is 10.6 Å². The molecule has 1 atom stereocenters. The molecular weight excluding hydrogens is 268 g/mol. The third kappa shape index (κ3) is 4.04. The molecule has 5 heteroatoms. The maximum Gasteiger partial charge on any atom is 0.313 e. The Morgan fingerprint density at radius 3 is 2.57 bits per heavy atom. The maximum absolute atomic E-state index is 11.9. The predicted molar refractivity (Wildman–Crippen MR) is 80.8 cm³/mol. The van der Waals surface area contributed by atoms with Crippen LogP contribution in [0.1, 0.15) is 32.3 Å². The molecule has 1 unspecified atom stereocenters. The molecule has 114 valence electrons. The normalized spacial score (nSPS) is 16.9. The van der Waals surface area contributed by atoms with Gasteiger partial charge in [0.1, 0.15) is 0 Å². The van der Waals surface area contributed by atoms with E-state index in [2.05, 4.69) is 10.6 Å². The molecule has 1 saturated carbocycles. The number of carbonyl (C=O) groups excluding carboxylic acids is 2. The van der Waals surface area contributed by atoms with Crippen molar-refractivity contribution in [1.82, 2.24) is 5.32 Å². The maximum atomic E-state index is 11.9. The molecule has 0 bridgehead atoms. The zero-order chi connectivity index (χ0) is 15.5. The molecule has 0 aromatic heterocycles. The number of hydrogen-bond donors (Lipinski definition) is 3. The summed E-state index contributed by atoms with van der Waals surface area (Å²) in [7, 11) is 0. The molecule has 1 aromatic carbocycles. The number of rotatable bonds is 5. The van der Waals surface area contributed by atoms with Gasteiger partial charge in [0.2, 0.25) is 0 Å². The molecule has 0 radical (unpaired) electrons. The van der Waals surface area contributed by atoms with Crippen LogP contribution in [0, 0.1) is 5.92 Å². The number of hydrogen-bond acceptors (Lipinski definition) is 3. The number of benzene rings is 1. The molecule has 5 nitrogen and oxygen atoms in total. The SMILES string of the molecule is CCc1ccccc1NC(=O)C(=O)NCC(C)(O)C1CC1. The van der Waals surface area contributed by atoms with Crippen molar-refractivity contribution in [3.63, 3.8) is 0 Å². The number of carbonyl (C=O) groups is 2. The van der Waals surface area contributed by atoms with Crippen molar-refractivity contribution in [3.8, 4) is 0 Å². The zero-order valence-corrected chi connectivity index (χ0v) is 12.5. The molecule has 3 N–H and O–H groups in total. The number of amides is 2.